The van der Waals surface area contributed by atoms with Crippen molar-refractivity contribution in [2.24, 2.45) is 11.8 Å². The molecule has 3 atom stereocenters. The average molecular weight is 409 g/mol. The molecular formula is C21H30ClFN4O. The number of hydrogen-bond donors (Lipinski definition) is 1. The van der Waals surface area contributed by atoms with Gasteiger partial charge in [0.2, 0.25) is 0 Å². The minimum absolute atomic E-state index is 0.0301. The van der Waals surface area contributed by atoms with E-state index in [4.69, 9.17) is 11.6 Å². The SMILES string of the molecule is CN1CCN(CCCN(C(=O)Nc2ccc(F)c(Cl)c2)C2CCC3CC32)CC1. The van der Waals surface area contributed by atoms with Crippen LogP contribution >= 0.6 is 11.6 Å². The number of rotatable bonds is 6. The van der Waals surface area contributed by atoms with Gasteiger partial charge < -0.3 is 20.0 Å². The third-order valence-corrected chi connectivity index (χ3v) is 6.90. The lowest BCUT2D eigenvalue weighted by Crippen LogP contribution is -2.47. The van der Waals surface area contributed by atoms with E-state index in [9.17, 15) is 9.18 Å². The van der Waals surface area contributed by atoms with E-state index in [0.717, 1.165) is 58.0 Å². The highest BCUT2D eigenvalue weighted by Gasteiger charge is 2.51. The van der Waals surface area contributed by atoms with Crippen LogP contribution in [0.5, 0.6) is 0 Å². The monoisotopic (exact) mass is 408 g/mol. The van der Waals surface area contributed by atoms with Crippen molar-refractivity contribution in [3.63, 3.8) is 0 Å². The van der Waals surface area contributed by atoms with E-state index in [1.54, 1.807) is 6.07 Å². The molecule has 0 bridgehead atoms. The molecule has 0 aromatic heterocycles. The number of benzene rings is 1. The summed E-state index contributed by atoms with van der Waals surface area (Å²) in [7, 11) is 2.16. The standard InChI is InChI=1S/C21H30ClFN4O/c1-25-9-11-26(12-10-25)7-2-8-27(20-6-3-15-13-17(15)20)21(28)24-16-4-5-19(23)18(22)14-16/h4-5,14-15,17,20H,2-3,6-13H2,1H3,(H,24,28). The molecule has 1 aromatic carbocycles. The van der Waals surface area contributed by atoms with E-state index >= 15 is 0 Å². The van der Waals surface area contributed by atoms with Crippen LogP contribution in [-0.2, 0) is 0 Å². The fraction of sp³-hybridized carbons (Fsp3) is 0.667. The number of urea groups is 1. The molecule has 2 amide bonds. The summed E-state index contributed by atoms with van der Waals surface area (Å²) in [6, 6.07) is 4.59. The number of fused-ring (bicyclic) bond motifs is 1. The highest BCUT2D eigenvalue weighted by Crippen LogP contribution is 2.53. The van der Waals surface area contributed by atoms with Crippen molar-refractivity contribution in [1.82, 2.24) is 14.7 Å². The lowest BCUT2D eigenvalue weighted by atomic mass is 10.1. The highest BCUT2D eigenvalue weighted by molar-refractivity contribution is 6.31. The Bertz CT molecular complexity index is 710. The molecule has 5 nitrogen and oxygen atoms in total. The first kappa shape index (κ1) is 19.9. The smallest absolute Gasteiger partial charge is 0.321 e. The normalized spacial score (nSPS) is 27.5. The molecule has 1 N–H and O–H groups in total. The number of amides is 2. The second kappa shape index (κ2) is 8.56. The van der Waals surface area contributed by atoms with Crippen LogP contribution in [0, 0.1) is 17.7 Å². The molecule has 3 unspecified atom stereocenters. The molecule has 2 aliphatic carbocycles. The summed E-state index contributed by atoms with van der Waals surface area (Å²) in [6.45, 7) is 6.22. The number of nitrogens with zero attached hydrogens (tertiary/aromatic N) is 3. The van der Waals surface area contributed by atoms with Crippen molar-refractivity contribution in [3.05, 3.63) is 29.0 Å². The third kappa shape index (κ3) is 4.61. The van der Waals surface area contributed by atoms with Crippen molar-refractivity contribution in [2.45, 2.75) is 31.7 Å². The predicted octanol–water partition coefficient (Wildman–Crippen LogP) is 3.75. The van der Waals surface area contributed by atoms with Gasteiger partial charge in [-0.1, -0.05) is 11.6 Å². The quantitative estimate of drug-likeness (QED) is 0.779. The van der Waals surface area contributed by atoms with Crippen molar-refractivity contribution < 1.29 is 9.18 Å². The Morgan fingerprint density at radius 1 is 1.29 bits per heavy atom. The van der Waals surface area contributed by atoms with Crippen molar-refractivity contribution in [3.8, 4) is 0 Å². The van der Waals surface area contributed by atoms with Crippen LogP contribution < -0.4 is 5.32 Å². The molecule has 3 fully saturated rings. The summed E-state index contributed by atoms with van der Waals surface area (Å²) < 4.78 is 13.4. The van der Waals surface area contributed by atoms with Crippen LogP contribution in [0.2, 0.25) is 5.02 Å². The van der Waals surface area contributed by atoms with Gasteiger partial charge in [0.15, 0.2) is 0 Å². The topological polar surface area (TPSA) is 38.8 Å². The molecule has 1 aliphatic heterocycles. The maximum absolute atomic E-state index is 13.4. The number of halogens is 2. The molecule has 0 radical (unpaired) electrons. The Kier molecular flexibility index (Phi) is 6.09. The van der Waals surface area contributed by atoms with Crippen molar-refractivity contribution in [2.75, 3.05) is 51.6 Å². The summed E-state index contributed by atoms with van der Waals surface area (Å²) in [5.74, 6) is 1.02. The summed E-state index contributed by atoms with van der Waals surface area (Å²) in [5.41, 5.74) is 0.547. The number of anilines is 1. The maximum atomic E-state index is 13.4. The molecule has 7 heteroatoms. The minimum Gasteiger partial charge on any atom is -0.321 e. The Balaban J connectivity index is 1.35. The molecule has 1 heterocycles. The second-order valence-corrected chi connectivity index (χ2v) is 8.96. The first-order chi connectivity index (χ1) is 13.5. The number of carbonyl (C=O) groups excluding carboxylic acids is 1. The van der Waals surface area contributed by atoms with E-state index in [1.807, 2.05) is 4.90 Å². The fourth-order valence-electron chi connectivity index (χ4n) is 4.78. The van der Waals surface area contributed by atoms with Crippen LogP contribution in [0.15, 0.2) is 18.2 Å². The number of nitrogens with one attached hydrogen (secondary N) is 1. The molecular weight excluding hydrogens is 379 g/mol. The van der Waals surface area contributed by atoms with Gasteiger partial charge in [0.25, 0.3) is 0 Å². The third-order valence-electron chi connectivity index (χ3n) is 6.61. The van der Waals surface area contributed by atoms with Gasteiger partial charge in [-0.05, 0) is 69.3 Å². The van der Waals surface area contributed by atoms with E-state index in [1.165, 1.54) is 25.0 Å². The van der Waals surface area contributed by atoms with E-state index in [-0.39, 0.29) is 11.1 Å². The number of likely N-dealkylation sites (N-methyl/N-ethyl adjacent to an activating group) is 1. The summed E-state index contributed by atoms with van der Waals surface area (Å²) in [5, 5.41) is 2.97. The Labute approximate surface area is 171 Å². The van der Waals surface area contributed by atoms with Gasteiger partial charge in [-0.25, -0.2) is 9.18 Å². The summed E-state index contributed by atoms with van der Waals surface area (Å²) in [6.07, 6.45) is 4.58. The lowest BCUT2D eigenvalue weighted by Gasteiger charge is -2.34. The van der Waals surface area contributed by atoms with E-state index < -0.39 is 5.82 Å². The van der Waals surface area contributed by atoms with Gasteiger partial charge >= 0.3 is 6.03 Å². The summed E-state index contributed by atoms with van der Waals surface area (Å²) in [4.78, 5) is 19.9. The molecule has 0 spiro atoms. The van der Waals surface area contributed by atoms with Crippen LogP contribution in [0.3, 0.4) is 0 Å². The van der Waals surface area contributed by atoms with Crippen molar-refractivity contribution in [1.29, 1.82) is 0 Å². The molecule has 4 rings (SSSR count). The van der Waals surface area contributed by atoms with E-state index in [0.29, 0.717) is 17.6 Å². The first-order valence-corrected chi connectivity index (χ1v) is 10.8. The Morgan fingerprint density at radius 3 is 2.71 bits per heavy atom. The van der Waals surface area contributed by atoms with Crippen LogP contribution in [0.4, 0.5) is 14.9 Å². The largest absolute Gasteiger partial charge is 0.322 e. The molecule has 2 saturated carbocycles. The zero-order valence-corrected chi connectivity index (χ0v) is 17.3. The van der Waals surface area contributed by atoms with Gasteiger partial charge in [-0.2, -0.15) is 0 Å². The molecule has 28 heavy (non-hydrogen) atoms. The Morgan fingerprint density at radius 2 is 2.07 bits per heavy atom. The fourth-order valence-corrected chi connectivity index (χ4v) is 4.96. The molecule has 3 aliphatic rings. The van der Waals surface area contributed by atoms with E-state index in [2.05, 4.69) is 22.2 Å². The number of piperazine rings is 1. The molecule has 154 valence electrons. The van der Waals surface area contributed by atoms with Gasteiger partial charge in [0, 0.05) is 44.5 Å². The second-order valence-electron chi connectivity index (χ2n) is 8.56. The minimum atomic E-state index is -0.472. The van der Waals surface area contributed by atoms with Gasteiger partial charge in [0.1, 0.15) is 5.82 Å². The van der Waals surface area contributed by atoms with Crippen LogP contribution in [-0.4, -0.2) is 73.1 Å². The summed E-state index contributed by atoms with van der Waals surface area (Å²) >= 11 is 5.86. The number of hydrogen-bond acceptors (Lipinski definition) is 3. The zero-order chi connectivity index (χ0) is 19.7. The number of carbonyl (C=O) groups is 1. The molecule has 1 saturated heterocycles. The van der Waals surface area contributed by atoms with Crippen molar-refractivity contribution >= 4 is 23.3 Å². The van der Waals surface area contributed by atoms with Crippen LogP contribution in [0.1, 0.15) is 25.7 Å². The first-order valence-electron chi connectivity index (χ1n) is 10.4. The Hall–Kier alpha value is -1.37. The molecule has 1 aromatic rings. The zero-order valence-electron chi connectivity index (χ0n) is 16.5. The lowest BCUT2D eigenvalue weighted by molar-refractivity contribution is 0.141. The van der Waals surface area contributed by atoms with Gasteiger partial charge in [-0.15, -0.1) is 0 Å². The predicted molar refractivity (Wildman–Crippen MR) is 110 cm³/mol. The van der Waals surface area contributed by atoms with Gasteiger partial charge in [-0.3, -0.25) is 0 Å². The highest BCUT2D eigenvalue weighted by atomic mass is 35.5. The maximum Gasteiger partial charge on any atom is 0.322 e. The van der Waals surface area contributed by atoms with Gasteiger partial charge in [0.05, 0.1) is 5.02 Å². The average Bonchev–Trinajstić information content (AvgIpc) is 3.34. The van der Waals surface area contributed by atoms with Crippen LogP contribution in [0.25, 0.3) is 0 Å².